The molecule has 0 saturated carbocycles. The van der Waals surface area contributed by atoms with Gasteiger partial charge < -0.3 is 5.01 Å². The van der Waals surface area contributed by atoms with Gasteiger partial charge in [0.1, 0.15) is 4.62 Å². The van der Waals surface area contributed by atoms with Crippen molar-refractivity contribution in [1.29, 1.82) is 0 Å². The molecule has 0 bridgehead atoms. The molecule has 0 unspecified atom stereocenters. The van der Waals surface area contributed by atoms with E-state index in [1.54, 1.807) is 5.01 Å². The summed E-state index contributed by atoms with van der Waals surface area (Å²) in [6, 6.07) is 4.35. The van der Waals surface area contributed by atoms with E-state index < -0.39 is 0 Å². The summed E-state index contributed by atoms with van der Waals surface area (Å²) in [5, 5.41) is 6.16. The van der Waals surface area contributed by atoms with Crippen LogP contribution in [0.4, 0.5) is 0 Å². The molecule has 1 aromatic rings. The molecule has 0 aliphatic rings. The molecule has 0 aliphatic carbocycles. The number of hydrogen-bond acceptors (Lipinski definition) is 2. The quantitative estimate of drug-likeness (QED) is 0.594. The van der Waals surface area contributed by atoms with Crippen molar-refractivity contribution in [2.75, 3.05) is 14.1 Å². The largest absolute Gasteiger partial charge is 0.302 e. The van der Waals surface area contributed by atoms with Gasteiger partial charge in [0.25, 0.3) is 0 Å². The Kier molecular flexibility index (Phi) is 3.91. The molecule has 82 valence electrons. The highest BCUT2D eigenvalue weighted by Gasteiger charge is 2.08. The normalized spacial score (nSPS) is 11.7. The van der Waals surface area contributed by atoms with Crippen LogP contribution in [-0.4, -0.2) is 23.7 Å². The van der Waals surface area contributed by atoms with Crippen LogP contribution in [0.15, 0.2) is 17.2 Å². The lowest BCUT2D eigenvalue weighted by atomic mass is 10.0. The molecule has 2 nitrogen and oxygen atoms in total. The Morgan fingerprint density at radius 3 is 2.00 bits per heavy atom. The van der Waals surface area contributed by atoms with E-state index in [1.165, 1.54) is 22.3 Å². The summed E-state index contributed by atoms with van der Waals surface area (Å²) in [7, 11) is 3.83. The zero-order valence-corrected chi connectivity index (χ0v) is 11.5. The molecule has 0 saturated heterocycles. The number of nitrogens with zero attached hydrogens (tertiary/aromatic N) is 2. The van der Waals surface area contributed by atoms with Crippen LogP contribution in [0.5, 0.6) is 0 Å². The van der Waals surface area contributed by atoms with E-state index in [4.69, 9.17) is 0 Å². The summed E-state index contributed by atoms with van der Waals surface area (Å²) in [5.74, 6) is 0. The second-order valence-electron chi connectivity index (χ2n) is 4.01. The maximum Gasteiger partial charge on any atom is 0.133 e. The molecule has 0 N–H and O–H groups in total. The first-order valence-corrected chi connectivity index (χ1v) is 5.70. The average molecular weight is 269 g/mol. The minimum Gasteiger partial charge on any atom is -0.302 e. The van der Waals surface area contributed by atoms with Gasteiger partial charge in [0.15, 0.2) is 0 Å². The molecule has 0 heterocycles. The van der Waals surface area contributed by atoms with Crippen molar-refractivity contribution in [3.63, 3.8) is 0 Å². The van der Waals surface area contributed by atoms with Gasteiger partial charge in [-0.25, -0.2) is 0 Å². The molecule has 0 aromatic heterocycles. The summed E-state index contributed by atoms with van der Waals surface area (Å²) >= 11 is 3.52. The first-order valence-electron chi connectivity index (χ1n) is 4.91. The van der Waals surface area contributed by atoms with E-state index in [9.17, 15) is 0 Å². The van der Waals surface area contributed by atoms with Gasteiger partial charge in [0.05, 0.1) is 0 Å². The van der Waals surface area contributed by atoms with Crippen molar-refractivity contribution in [3.8, 4) is 0 Å². The fourth-order valence-electron chi connectivity index (χ4n) is 1.73. The Morgan fingerprint density at radius 2 is 1.60 bits per heavy atom. The van der Waals surface area contributed by atoms with E-state index in [2.05, 4.69) is 53.9 Å². The minimum atomic E-state index is 0.891. The molecular weight excluding hydrogens is 252 g/mol. The SMILES string of the molecule is Cc1cc(C)c(C(Br)=NN(C)C)c(C)c1. The number of halogens is 1. The second kappa shape index (κ2) is 4.79. The molecule has 0 amide bonds. The van der Waals surface area contributed by atoms with Crippen LogP contribution in [0, 0.1) is 20.8 Å². The van der Waals surface area contributed by atoms with Crippen LogP contribution in [-0.2, 0) is 0 Å². The van der Waals surface area contributed by atoms with Gasteiger partial charge in [0.2, 0.25) is 0 Å². The van der Waals surface area contributed by atoms with Gasteiger partial charge in [-0.05, 0) is 47.8 Å². The Labute approximate surface area is 100 Å². The molecule has 0 spiro atoms. The van der Waals surface area contributed by atoms with Crippen molar-refractivity contribution in [2.24, 2.45) is 5.10 Å². The van der Waals surface area contributed by atoms with E-state index in [1.807, 2.05) is 14.1 Å². The fraction of sp³-hybridized carbons (Fsp3) is 0.417. The first kappa shape index (κ1) is 12.2. The van der Waals surface area contributed by atoms with Gasteiger partial charge >= 0.3 is 0 Å². The third-order valence-corrected chi connectivity index (χ3v) is 2.73. The lowest BCUT2D eigenvalue weighted by Gasteiger charge is -2.12. The number of hydrazone groups is 1. The molecule has 3 heteroatoms. The molecule has 0 atom stereocenters. The van der Waals surface area contributed by atoms with Gasteiger partial charge in [0, 0.05) is 19.7 Å². The highest BCUT2D eigenvalue weighted by Crippen LogP contribution is 2.20. The van der Waals surface area contributed by atoms with Crippen molar-refractivity contribution in [3.05, 3.63) is 34.4 Å². The minimum absolute atomic E-state index is 0.891. The summed E-state index contributed by atoms with van der Waals surface area (Å²) in [5.41, 5.74) is 4.99. The van der Waals surface area contributed by atoms with Crippen LogP contribution in [0.2, 0.25) is 0 Å². The number of benzene rings is 1. The topological polar surface area (TPSA) is 15.6 Å². The lowest BCUT2D eigenvalue weighted by molar-refractivity contribution is 0.440. The highest BCUT2D eigenvalue weighted by atomic mass is 79.9. The average Bonchev–Trinajstić information content (AvgIpc) is 1.99. The standard InChI is InChI=1S/C12H17BrN2/c1-8-6-9(2)11(10(3)7-8)12(13)14-15(4)5/h6-7H,1-5H3. The zero-order chi connectivity index (χ0) is 11.6. The summed E-state index contributed by atoms with van der Waals surface area (Å²) < 4.78 is 0.891. The van der Waals surface area contributed by atoms with Gasteiger partial charge in [-0.15, -0.1) is 0 Å². The van der Waals surface area contributed by atoms with Gasteiger partial charge in [-0.2, -0.15) is 5.10 Å². The Morgan fingerprint density at radius 1 is 1.13 bits per heavy atom. The summed E-state index contributed by atoms with van der Waals surface area (Å²) in [6.07, 6.45) is 0. The summed E-state index contributed by atoms with van der Waals surface area (Å²) in [4.78, 5) is 0. The van der Waals surface area contributed by atoms with Crippen molar-refractivity contribution < 1.29 is 0 Å². The maximum absolute atomic E-state index is 4.37. The third kappa shape index (κ3) is 3.06. The van der Waals surface area contributed by atoms with Crippen LogP contribution in [0.1, 0.15) is 22.3 Å². The Bertz CT molecular complexity index is 372. The Hall–Kier alpha value is -0.830. The number of rotatable bonds is 2. The molecule has 0 radical (unpaired) electrons. The predicted octanol–water partition coefficient (Wildman–Crippen LogP) is 3.23. The smallest absolute Gasteiger partial charge is 0.133 e. The molecular formula is C12H17BrN2. The van der Waals surface area contributed by atoms with Crippen molar-refractivity contribution >= 4 is 20.6 Å². The van der Waals surface area contributed by atoms with Gasteiger partial charge in [-0.3, -0.25) is 0 Å². The zero-order valence-electron chi connectivity index (χ0n) is 9.93. The second-order valence-corrected chi connectivity index (χ2v) is 4.76. The third-order valence-electron chi connectivity index (χ3n) is 2.17. The first-order chi connectivity index (χ1) is 6.91. The number of hydrogen-bond donors (Lipinski definition) is 0. The molecule has 1 aromatic carbocycles. The monoisotopic (exact) mass is 268 g/mol. The highest BCUT2D eigenvalue weighted by molar-refractivity contribution is 9.18. The van der Waals surface area contributed by atoms with E-state index >= 15 is 0 Å². The van der Waals surface area contributed by atoms with E-state index in [-0.39, 0.29) is 0 Å². The van der Waals surface area contributed by atoms with Crippen LogP contribution >= 0.6 is 15.9 Å². The predicted molar refractivity (Wildman–Crippen MR) is 69.8 cm³/mol. The van der Waals surface area contributed by atoms with Crippen molar-refractivity contribution in [2.45, 2.75) is 20.8 Å². The molecule has 15 heavy (non-hydrogen) atoms. The van der Waals surface area contributed by atoms with Crippen LogP contribution < -0.4 is 0 Å². The van der Waals surface area contributed by atoms with Crippen LogP contribution in [0.25, 0.3) is 0 Å². The summed E-state index contributed by atoms with van der Waals surface area (Å²) in [6.45, 7) is 6.34. The van der Waals surface area contributed by atoms with Crippen molar-refractivity contribution in [1.82, 2.24) is 5.01 Å². The molecule has 0 fully saturated rings. The maximum atomic E-state index is 4.37. The lowest BCUT2D eigenvalue weighted by Crippen LogP contribution is -2.08. The van der Waals surface area contributed by atoms with Gasteiger partial charge in [-0.1, -0.05) is 17.7 Å². The number of aryl methyl sites for hydroxylation is 3. The fourth-order valence-corrected chi connectivity index (χ4v) is 2.67. The Balaban J connectivity index is 3.26. The van der Waals surface area contributed by atoms with Crippen LogP contribution in [0.3, 0.4) is 0 Å². The molecule has 0 aliphatic heterocycles. The molecule has 1 rings (SSSR count). The van der Waals surface area contributed by atoms with E-state index in [0.29, 0.717) is 0 Å². The van der Waals surface area contributed by atoms with E-state index in [0.717, 1.165) is 4.62 Å².